The lowest BCUT2D eigenvalue weighted by Crippen LogP contribution is -2.17. The number of tetrazole rings is 1. The molecule has 1 fully saturated rings. The number of anilines is 1. The van der Waals surface area contributed by atoms with Crippen molar-refractivity contribution in [3.8, 4) is 11.6 Å². The number of hydrogen-bond donors (Lipinski definition) is 1. The number of carbonyl (C=O) groups is 1. The number of hydrogen-bond acceptors (Lipinski definition) is 7. The number of benzene rings is 1. The predicted octanol–water partition coefficient (Wildman–Crippen LogP) is 2.13. The molecule has 3 aromatic rings. The van der Waals surface area contributed by atoms with Gasteiger partial charge < -0.3 is 14.8 Å². The monoisotopic (exact) mass is 386 g/mol. The maximum Gasteiger partial charge on any atom is 0.257 e. The molecule has 1 aliphatic heterocycles. The predicted molar refractivity (Wildman–Crippen MR) is 96.2 cm³/mol. The van der Waals surface area contributed by atoms with Crippen LogP contribution in [0.15, 0.2) is 42.9 Å². The van der Waals surface area contributed by atoms with E-state index in [1.165, 1.54) is 23.3 Å². The number of ether oxygens (including phenoxy) is 2. The maximum absolute atomic E-state index is 12.4. The summed E-state index contributed by atoms with van der Waals surface area (Å²) < 4.78 is 12.5. The molecular weight excluding hydrogens is 372 g/mol. The molecule has 3 heterocycles. The Hall–Kier alpha value is -3.04. The van der Waals surface area contributed by atoms with Crippen molar-refractivity contribution in [1.82, 2.24) is 25.2 Å². The molecule has 0 aliphatic carbocycles. The van der Waals surface area contributed by atoms with Gasteiger partial charge in [-0.25, -0.2) is 9.67 Å². The lowest BCUT2D eigenvalue weighted by Gasteiger charge is -2.12. The lowest BCUT2D eigenvalue weighted by molar-refractivity contribution is 0.102. The minimum Gasteiger partial charge on any atom is -0.471 e. The van der Waals surface area contributed by atoms with E-state index in [9.17, 15) is 4.79 Å². The van der Waals surface area contributed by atoms with Gasteiger partial charge in [0.15, 0.2) is 0 Å². The molecule has 0 radical (unpaired) electrons. The van der Waals surface area contributed by atoms with Gasteiger partial charge in [0.25, 0.3) is 5.91 Å². The van der Waals surface area contributed by atoms with Gasteiger partial charge in [0.05, 0.1) is 24.5 Å². The number of rotatable bonds is 5. The Balaban J connectivity index is 1.42. The minimum atomic E-state index is -0.324. The molecule has 0 bridgehead atoms. The van der Waals surface area contributed by atoms with Crippen LogP contribution in [0.1, 0.15) is 16.8 Å². The number of pyridine rings is 1. The largest absolute Gasteiger partial charge is 0.471 e. The van der Waals surface area contributed by atoms with Crippen molar-refractivity contribution in [2.75, 3.05) is 18.5 Å². The molecule has 1 aliphatic rings. The molecule has 27 heavy (non-hydrogen) atoms. The zero-order chi connectivity index (χ0) is 18.6. The van der Waals surface area contributed by atoms with Gasteiger partial charge in [-0.1, -0.05) is 11.6 Å². The number of aromatic nitrogens is 5. The summed E-state index contributed by atoms with van der Waals surface area (Å²) in [5, 5.41) is 14.0. The van der Waals surface area contributed by atoms with Crippen LogP contribution in [-0.2, 0) is 4.74 Å². The highest BCUT2D eigenvalue weighted by molar-refractivity contribution is 6.32. The van der Waals surface area contributed by atoms with Gasteiger partial charge in [0.1, 0.15) is 17.5 Å². The van der Waals surface area contributed by atoms with Gasteiger partial charge in [-0.15, -0.1) is 5.10 Å². The van der Waals surface area contributed by atoms with Crippen LogP contribution in [0.3, 0.4) is 0 Å². The van der Waals surface area contributed by atoms with E-state index in [1.807, 2.05) is 0 Å². The molecule has 1 atom stereocenters. The maximum atomic E-state index is 12.4. The third kappa shape index (κ3) is 4.04. The summed E-state index contributed by atoms with van der Waals surface area (Å²) in [5.74, 6) is -0.0233. The van der Waals surface area contributed by atoms with Gasteiger partial charge in [-0.2, -0.15) is 0 Å². The average Bonchev–Trinajstić information content (AvgIpc) is 3.38. The lowest BCUT2D eigenvalue weighted by atomic mass is 10.2. The summed E-state index contributed by atoms with van der Waals surface area (Å²) >= 11 is 6.20. The molecule has 1 saturated heterocycles. The Labute approximate surface area is 159 Å². The molecule has 2 aromatic heterocycles. The standard InChI is InChI=1S/C17H15ClN6O3/c18-15-7-11(8-19-17(15)27-14-5-6-26-9-14)16(25)21-12-1-3-13(4-2-12)24-10-20-22-23-24/h1-4,7-8,10,14H,5-6,9H2,(H,21,25)/t14-/m1/s1. The third-order valence-electron chi connectivity index (χ3n) is 3.97. The first-order valence-electron chi connectivity index (χ1n) is 8.24. The van der Waals surface area contributed by atoms with Crippen molar-refractivity contribution in [2.24, 2.45) is 0 Å². The Kier molecular flexibility index (Phi) is 4.95. The van der Waals surface area contributed by atoms with E-state index in [1.54, 1.807) is 24.3 Å². The van der Waals surface area contributed by atoms with Crippen LogP contribution in [0.5, 0.6) is 5.88 Å². The second-order valence-corrected chi connectivity index (χ2v) is 6.28. The molecular formula is C17H15ClN6O3. The summed E-state index contributed by atoms with van der Waals surface area (Å²) in [7, 11) is 0. The highest BCUT2D eigenvalue weighted by Crippen LogP contribution is 2.25. The molecule has 1 N–H and O–H groups in total. The normalized spacial score (nSPS) is 16.3. The van der Waals surface area contributed by atoms with Crippen LogP contribution >= 0.6 is 11.6 Å². The molecule has 1 amide bonds. The van der Waals surface area contributed by atoms with Crippen LogP contribution < -0.4 is 10.1 Å². The van der Waals surface area contributed by atoms with Crippen molar-refractivity contribution in [3.05, 3.63) is 53.4 Å². The second-order valence-electron chi connectivity index (χ2n) is 5.87. The molecule has 138 valence electrons. The van der Waals surface area contributed by atoms with Crippen molar-refractivity contribution in [2.45, 2.75) is 12.5 Å². The Bertz CT molecular complexity index is 926. The highest BCUT2D eigenvalue weighted by atomic mass is 35.5. The Morgan fingerprint density at radius 2 is 2.19 bits per heavy atom. The smallest absolute Gasteiger partial charge is 0.257 e. The van der Waals surface area contributed by atoms with E-state index >= 15 is 0 Å². The van der Waals surface area contributed by atoms with Crippen LogP contribution in [0.2, 0.25) is 5.02 Å². The molecule has 1 aromatic carbocycles. The first kappa shape index (κ1) is 17.4. The van der Waals surface area contributed by atoms with Gasteiger partial charge in [-0.05, 0) is 40.8 Å². The number of carbonyl (C=O) groups excluding carboxylic acids is 1. The fourth-order valence-electron chi connectivity index (χ4n) is 2.58. The van der Waals surface area contributed by atoms with Crippen molar-refractivity contribution >= 4 is 23.2 Å². The summed E-state index contributed by atoms with van der Waals surface area (Å²) in [5.41, 5.74) is 1.73. The minimum absolute atomic E-state index is 0.0617. The molecule has 9 nitrogen and oxygen atoms in total. The number of amides is 1. The molecule has 10 heteroatoms. The number of halogens is 1. The van der Waals surface area contributed by atoms with Gasteiger partial charge in [-0.3, -0.25) is 4.79 Å². The van der Waals surface area contributed by atoms with E-state index in [2.05, 4.69) is 25.8 Å². The van der Waals surface area contributed by atoms with Crippen LogP contribution in [0.4, 0.5) is 5.69 Å². The Morgan fingerprint density at radius 3 is 2.85 bits per heavy atom. The number of nitrogens with one attached hydrogen (secondary N) is 1. The molecule has 0 unspecified atom stereocenters. The summed E-state index contributed by atoms with van der Waals surface area (Å²) in [6.45, 7) is 1.18. The van der Waals surface area contributed by atoms with Crippen molar-refractivity contribution < 1.29 is 14.3 Å². The van der Waals surface area contributed by atoms with Gasteiger partial charge >= 0.3 is 0 Å². The van der Waals surface area contributed by atoms with Crippen LogP contribution in [0, 0.1) is 0 Å². The van der Waals surface area contributed by atoms with Gasteiger partial charge in [0.2, 0.25) is 5.88 Å². The van der Waals surface area contributed by atoms with Crippen LogP contribution in [-0.4, -0.2) is 50.4 Å². The van der Waals surface area contributed by atoms with Crippen molar-refractivity contribution in [1.29, 1.82) is 0 Å². The molecule has 4 rings (SSSR count). The zero-order valence-corrected chi connectivity index (χ0v) is 14.8. The summed E-state index contributed by atoms with van der Waals surface area (Å²) in [6, 6.07) is 8.61. The first-order chi connectivity index (χ1) is 13.2. The quantitative estimate of drug-likeness (QED) is 0.716. The van der Waals surface area contributed by atoms with Gasteiger partial charge in [0, 0.05) is 18.3 Å². The van der Waals surface area contributed by atoms with E-state index in [-0.39, 0.29) is 17.0 Å². The topological polar surface area (TPSA) is 104 Å². The SMILES string of the molecule is O=C(Nc1ccc(-n2cnnn2)cc1)c1cnc(O[C@@H]2CCOC2)c(Cl)c1. The third-order valence-corrected chi connectivity index (χ3v) is 4.25. The first-order valence-corrected chi connectivity index (χ1v) is 8.61. The van der Waals surface area contributed by atoms with E-state index in [0.717, 1.165) is 12.1 Å². The van der Waals surface area contributed by atoms with E-state index in [0.29, 0.717) is 30.3 Å². The van der Waals surface area contributed by atoms with Crippen LogP contribution in [0.25, 0.3) is 5.69 Å². The molecule has 0 saturated carbocycles. The zero-order valence-electron chi connectivity index (χ0n) is 14.1. The fraction of sp³-hybridized carbons (Fsp3) is 0.235. The Morgan fingerprint density at radius 1 is 1.33 bits per heavy atom. The van der Waals surface area contributed by atoms with E-state index in [4.69, 9.17) is 21.1 Å². The van der Waals surface area contributed by atoms with E-state index < -0.39 is 0 Å². The highest BCUT2D eigenvalue weighted by Gasteiger charge is 2.20. The molecule has 0 spiro atoms. The summed E-state index contributed by atoms with van der Waals surface area (Å²) in [6.07, 6.45) is 3.65. The number of nitrogens with zero attached hydrogens (tertiary/aromatic N) is 5. The average molecular weight is 387 g/mol. The second kappa shape index (κ2) is 7.68. The fourth-order valence-corrected chi connectivity index (χ4v) is 2.79. The summed E-state index contributed by atoms with van der Waals surface area (Å²) in [4.78, 5) is 16.6. The van der Waals surface area contributed by atoms with Crippen molar-refractivity contribution in [3.63, 3.8) is 0 Å².